The number of rotatable bonds is 0. The molecule has 2 aliphatic heterocycles. The Morgan fingerprint density at radius 1 is 1.62 bits per heavy atom. The second-order valence-corrected chi connectivity index (χ2v) is 5.02. The molecule has 0 fully saturated rings. The first kappa shape index (κ1) is 9.09. The molecule has 0 aliphatic carbocycles. The van der Waals surface area contributed by atoms with Gasteiger partial charge in [-0.05, 0) is 13.8 Å². The Hall–Kier alpha value is -0.480. The average Bonchev–Trinajstić information content (AvgIpc) is 2.41. The van der Waals surface area contributed by atoms with E-state index >= 15 is 0 Å². The molecule has 3 nitrogen and oxygen atoms in total. The molecule has 2 rings (SSSR count). The van der Waals surface area contributed by atoms with Crippen LogP contribution in [0.5, 0.6) is 0 Å². The van der Waals surface area contributed by atoms with Crippen LogP contribution in [0.15, 0.2) is 10.7 Å². The van der Waals surface area contributed by atoms with Gasteiger partial charge in [-0.2, -0.15) is 0 Å². The molecular formula is C9H12O3S. The third-order valence-corrected chi connectivity index (χ3v) is 3.43. The topological polar surface area (TPSA) is 46.5 Å². The molecule has 0 saturated heterocycles. The number of ketones is 1. The molecule has 72 valence electrons. The summed E-state index contributed by atoms with van der Waals surface area (Å²) in [4.78, 5) is 11.8. The van der Waals surface area contributed by atoms with Crippen LogP contribution in [0.2, 0.25) is 0 Å². The number of carbonyl (C=O) groups excluding carboxylic acids is 1. The van der Waals surface area contributed by atoms with E-state index in [1.807, 2.05) is 13.8 Å². The summed E-state index contributed by atoms with van der Waals surface area (Å²) < 4.78 is 5.42. The van der Waals surface area contributed by atoms with E-state index in [-0.39, 0.29) is 5.78 Å². The summed E-state index contributed by atoms with van der Waals surface area (Å²) >= 11 is 1.43. The third kappa shape index (κ3) is 1.28. The lowest BCUT2D eigenvalue weighted by Gasteiger charge is -2.29. The van der Waals surface area contributed by atoms with Gasteiger partial charge in [0.15, 0.2) is 10.9 Å². The van der Waals surface area contributed by atoms with E-state index in [1.165, 1.54) is 11.8 Å². The fourth-order valence-electron chi connectivity index (χ4n) is 1.49. The van der Waals surface area contributed by atoms with E-state index in [1.54, 1.807) is 0 Å². The average molecular weight is 200 g/mol. The fraction of sp³-hybridized carbons (Fsp3) is 0.667. The Bertz CT molecular complexity index is 293. The van der Waals surface area contributed by atoms with Crippen molar-refractivity contribution in [3.05, 3.63) is 10.7 Å². The zero-order chi connectivity index (χ0) is 9.64. The van der Waals surface area contributed by atoms with Crippen LogP contribution in [-0.4, -0.2) is 29.4 Å². The minimum Gasteiger partial charge on any atom is -0.486 e. The molecule has 1 N–H and O–H groups in total. The lowest BCUT2D eigenvalue weighted by atomic mass is 9.82. The van der Waals surface area contributed by atoms with Gasteiger partial charge in [-0.25, -0.2) is 0 Å². The number of aliphatic hydroxyl groups excluding tert-OH is 1. The lowest BCUT2D eigenvalue weighted by molar-refractivity contribution is -0.128. The van der Waals surface area contributed by atoms with Crippen molar-refractivity contribution in [2.75, 3.05) is 12.4 Å². The molecular weight excluding hydrogens is 188 g/mol. The molecule has 13 heavy (non-hydrogen) atoms. The molecule has 2 aliphatic rings. The highest BCUT2D eigenvalue weighted by molar-refractivity contribution is 8.03. The van der Waals surface area contributed by atoms with Crippen molar-refractivity contribution in [1.82, 2.24) is 0 Å². The maximum atomic E-state index is 11.8. The number of hydrogen-bond acceptors (Lipinski definition) is 4. The first-order valence-corrected chi connectivity index (χ1v) is 5.23. The fourth-order valence-corrected chi connectivity index (χ4v) is 2.49. The maximum absolute atomic E-state index is 11.8. The summed E-state index contributed by atoms with van der Waals surface area (Å²) in [6.45, 7) is 4.11. The van der Waals surface area contributed by atoms with E-state index in [4.69, 9.17) is 4.74 Å². The number of aliphatic hydroxyl groups is 1. The van der Waals surface area contributed by atoms with Crippen molar-refractivity contribution in [1.29, 1.82) is 0 Å². The third-order valence-electron chi connectivity index (χ3n) is 2.35. The Kier molecular flexibility index (Phi) is 1.92. The summed E-state index contributed by atoms with van der Waals surface area (Å²) in [5.74, 6) is 0.582. The zero-order valence-corrected chi connectivity index (χ0v) is 8.48. The normalized spacial score (nSPS) is 31.6. The summed E-state index contributed by atoms with van der Waals surface area (Å²) in [6.07, 6.45) is -0.632. The van der Waals surface area contributed by atoms with Crippen molar-refractivity contribution < 1.29 is 14.6 Å². The first-order chi connectivity index (χ1) is 6.02. The summed E-state index contributed by atoms with van der Waals surface area (Å²) in [6, 6.07) is 0. The van der Waals surface area contributed by atoms with Gasteiger partial charge < -0.3 is 9.84 Å². The van der Waals surface area contributed by atoms with Crippen molar-refractivity contribution in [2.24, 2.45) is 5.41 Å². The van der Waals surface area contributed by atoms with E-state index in [0.717, 1.165) is 0 Å². The Morgan fingerprint density at radius 3 is 3.00 bits per heavy atom. The summed E-state index contributed by atoms with van der Waals surface area (Å²) in [7, 11) is 0. The van der Waals surface area contributed by atoms with Gasteiger partial charge >= 0.3 is 0 Å². The van der Waals surface area contributed by atoms with Gasteiger partial charge in [0, 0.05) is 5.75 Å². The quantitative estimate of drug-likeness (QED) is 0.632. The number of Topliss-reactive ketones (excluding diaryl/α,β-unsaturated/α-hetero) is 1. The number of carbonyl (C=O) groups is 1. The van der Waals surface area contributed by atoms with E-state index in [2.05, 4.69) is 0 Å². The smallest absolute Gasteiger partial charge is 0.174 e. The second-order valence-electron chi connectivity index (χ2n) is 4.03. The van der Waals surface area contributed by atoms with Gasteiger partial charge in [-0.15, -0.1) is 0 Å². The molecule has 0 amide bonds. The minimum absolute atomic E-state index is 0.0336. The van der Waals surface area contributed by atoms with Gasteiger partial charge in [0.1, 0.15) is 6.61 Å². The standard InChI is InChI=1S/C9H12O3S/c1-9(2)4-12-8-6(7(9)11)5(10)3-13-8/h5,10H,3-4H2,1-2H3. The number of ether oxygens (including phenoxy) is 1. The van der Waals surface area contributed by atoms with Gasteiger partial charge in [0.2, 0.25) is 0 Å². The van der Waals surface area contributed by atoms with E-state index in [0.29, 0.717) is 23.0 Å². The molecule has 4 heteroatoms. The van der Waals surface area contributed by atoms with Crippen molar-refractivity contribution in [2.45, 2.75) is 20.0 Å². The molecule has 2 heterocycles. The van der Waals surface area contributed by atoms with Crippen molar-refractivity contribution in [3.63, 3.8) is 0 Å². The molecule has 1 atom stereocenters. The molecule has 0 aromatic carbocycles. The summed E-state index contributed by atoms with van der Waals surface area (Å²) in [5, 5.41) is 10.2. The van der Waals surface area contributed by atoms with Crippen LogP contribution in [0.1, 0.15) is 13.8 Å². The van der Waals surface area contributed by atoms with Gasteiger partial charge in [-0.1, -0.05) is 11.8 Å². The Balaban J connectivity index is 2.38. The second kappa shape index (κ2) is 2.75. The largest absolute Gasteiger partial charge is 0.486 e. The van der Waals surface area contributed by atoms with Crippen LogP contribution in [0.3, 0.4) is 0 Å². The van der Waals surface area contributed by atoms with Crippen LogP contribution in [0.4, 0.5) is 0 Å². The molecule has 0 bridgehead atoms. The lowest BCUT2D eigenvalue weighted by Crippen LogP contribution is -2.37. The van der Waals surface area contributed by atoms with Crippen molar-refractivity contribution >= 4 is 17.5 Å². The summed E-state index contributed by atoms with van der Waals surface area (Å²) in [5.41, 5.74) is 0.00583. The Morgan fingerprint density at radius 2 is 2.31 bits per heavy atom. The van der Waals surface area contributed by atoms with E-state index in [9.17, 15) is 9.90 Å². The zero-order valence-electron chi connectivity index (χ0n) is 7.66. The molecule has 0 spiro atoms. The molecule has 1 unspecified atom stereocenters. The molecule has 0 radical (unpaired) electrons. The SMILES string of the molecule is CC1(C)COC2=C(C1=O)C(O)CS2. The van der Waals surface area contributed by atoms with Gasteiger partial charge in [0.05, 0.1) is 17.1 Å². The predicted molar refractivity (Wildman–Crippen MR) is 50.2 cm³/mol. The Labute approximate surface area is 81.1 Å². The van der Waals surface area contributed by atoms with Crippen LogP contribution < -0.4 is 0 Å². The minimum atomic E-state index is -0.632. The first-order valence-electron chi connectivity index (χ1n) is 4.25. The number of hydrogen-bond donors (Lipinski definition) is 1. The van der Waals surface area contributed by atoms with Crippen LogP contribution in [0, 0.1) is 5.41 Å². The highest BCUT2D eigenvalue weighted by Crippen LogP contribution is 2.41. The maximum Gasteiger partial charge on any atom is 0.174 e. The molecule has 0 aromatic rings. The van der Waals surface area contributed by atoms with Gasteiger partial charge in [0.25, 0.3) is 0 Å². The molecule has 0 saturated carbocycles. The predicted octanol–water partition coefficient (Wildman–Crippen LogP) is 0.931. The van der Waals surface area contributed by atoms with Crippen molar-refractivity contribution in [3.8, 4) is 0 Å². The van der Waals surface area contributed by atoms with Gasteiger partial charge in [-0.3, -0.25) is 4.79 Å². The van der Waals surface area contributed by atoms with E-state index < -0.39 is 11.5 Å². The number of thioether (sulfide) groups is 1. The highest BCUT2D eigenvalue weighted by atomic mass is 32.2. The van der Waals surface area contributed by atoms with Crippen LogP contribution in [0.25, 0.3) is 0 Å². The van der Waals surface area contributed by atoms with Crippen LogP contribution >= 0.6 is 11.8 Å². The highest BCUT2D eigenvalue weighted by Gasteiger charge is 2.43. The molecule has 0 aromatic heterocycles. The monoisotopic (exact) mass is 200 g/mol. The van der Waals surface area contributed by atoms with Crippen LogP contribution in [-0.2, 0) is 9.53 Å².